The zero-order valence-electron chi connectivity index (χ0n) is 13.8. The third kappa shape index (κ3) is 5.30. The van der Waals surface area contributed by atoms with Crippen LogP contribution in [-0.2, 0) is 22.3 Å². The molecule has 0 aromatic heterocycles. The third-order valence-electron chi connectivity index (χ3n) is 3.59. The molecule has 2 aromatic carbocycles. The highest BCUT2D eigenvalue weighted by atomic mass is 19.4. The molecule has 0 unspecified atom stereocenters. The predicted molar refractivity (Wildman–Crippen MR) is 87.7 cm³/mol. The molecule has 0 saturated heterocycles. The second-order valence-corrected chi connectivity index (χ2v) is 5.55. The van der Waals surface area contributed by atoms with Gasteiger partial charge in [0, 0.05) is 19.2 Å². The van der Waals surface area contributed by atoms with Gasteiger partial charge in [0.2, 0.25) is 11.8 Å². The summed E-state index contributed by atoms with van der Waals surface area (Å²) in [5, 5.41) is 2.57. The molecule has 138 valence electrons. The van der Waals surface area contributed by atoms with Gasteiger partial charge in [-0.1, -0.05) is 12.1 Å². The fraction of sp³-hybridized carbons (Fsp3) is 0.222. The quantitative estimate of drug-likeness (QED) is 0.821. The van der Waals surface area contributed by atoms with Gasteiger partial charge in [-0.3, -0.25) is 9.59 Å². The van der Waals surface area contributed by atoms with Crippen LogP contribution in [0.15, 0.2) is 48.5 Å². The van der Waals surface area contributed by atoms with Crippen molar-refractivity contribution in [2.75, 3.05) is 11.4 Å². The Balaban J connectivity index is 2.02. The maximum absolute atomic E-state index is 12.8. The lowest BCUT2D eigenvalue weighted by Crippen LogP contribution is -2.39. The van der Waals surface area contributed by atoms with Crippen molar-refractivity contribution in [1.82, 2.24) is 5.32 Å². The monoisotopic (exact) mass is 368 g/mol. The van der Waals surface area contributed by atoms with E-state index in [1.807, 2.05) is 0 Å². The number of hydrogen-bond donors (Lipinski definition) is 1. The van der Waals surface area contributed by atoms with Crippen LogP contribution in [0.1, 0.15) is 18.1 Å². The minimum Gasteiger partial charge on any atom is -0.350 e. The van der Waals surface area contributed by atoms with Gasteiger partial charge in [0.15, 0.2) is 0 Å². The van der Waals surface area contributed by atoms with Crippen LogP contribution in [0.5, 0.6) is 0 Å². The van der Waals surface area contributed by atoms with Gasteiger partial charge in [0.05, 0.1) is 5.56 Å². The largest absolute Gasteiger partial charge is 0.416 e. The van der Waals surface area contributed by atoms with Gasteiger partial charge in [-0.25, -0.2) is 4.39 Å². The van der Waals surface area contributed by atoms with Gasteiger partial charge in [-0.15, -0.1) is 0 Å². The highest BCUT2D eigenvalue weighted by Crippen LogP contribution is 2.30. The minimum atomic E-state index is -4.48. The third-order valence-corrected chi connectivity index (χ3v) is 3.59. The lowest BCUT2D eigenvalue weighted by atomic mass is 10.2. The molecule has 0 aliphatic rings. The summed E-state index contributed by atoms with van der Waals surface area (Å²) in [4.78, 5) is 24.9. The van der Waals surface area contributed by atoms with Crippen molar-refractivity contribution in [1.29, 1.82) is 0 Å². The van der Waals surface area contributed by atoms with Crippen molar-refractivity contribution >= 4 is 17.5 Å². The highest BCUT2D eigenvalue weighted by Gasteiger charge is 2.30. The first kappa shape index (κ1) is 19.4. The van der Waals surface area contributed by atoms with Crippen molar-refractivity contribution in [2.45, 2.75) is 19.6 Å². The van der Waals surface area contributed by atoms with Crippen LogP contribution >= 0.6 is 0 Å². The minimum absolute atomic E-state index is 0.137. The van der Waals surface area contributed by atoms with Gasteiger partial charge < -0.3 is 10.2 Å². The van der Waals surface area contributed by atoms with Crippen LogP contribution in [0.3, 0.4) is 0 Å². The van der Waals surface area contributed by atoms with Crippen LogP contribution in [0.4, 0.5) is 23.2 Å². The molecule has 1 N–H and O–H groups in total. The summed E-state index contributed by atoms with van der Waals surface area (Å²) in [5.41, 5.74) is 0.0107. The molecular weight excluding hydrogens is 352 g/mol. The maximum Gasteiger partial charge on any atom is 0.416 e. The zero-order valence-corrected chi connectivity index (χ0v) is 13.8. The summed E-state index contributed by atoms with van der Waals surface area (Å²) in [6.07, 6.45) is -4.48. The van der Waals surface area contributed by atoms with Gasteiger partial charge in [-0.2, -0.15) is 13.2 Å². The standard InChI is InChI=1S/C18H16F4N2O2/c1-12(25)24(16-8-4-14(5-9-16)18(20,21)22)11-17(26)23-10-13-2-6-15(19)7-3-13/h2-9H,10-11H2,1H3,(H,23,26). The van der Waals surface area contributed by atoms with E-state index in [9.17, 15) is 27.2 Å². The number of benzene rings is 2. The molecule has 0 spiro atoms. The molecule has 0 aliphatic heterocycles. The predicted octanol–water partition coefficient (Wildman–Crippen LogP) is 3.51. The van der Waals surface area contributed by atoms with E-state index < -0.39 is 29.4 Å². The Kier molecular flexibility index (Phi) is 5.97. The lowest BCUT2D eigenvalue weighted by Gasteiger charge is -2.21. The number of rotatable bonds is 5. The molecule has 0 aliphatic carbocycles. The van der Waals surface area contributed by atoms with Gasteiger partial charge in [-0.05, 0) is 42.0 Å². The Morgan fingerprint density at radius 1 is 1.00 bits per heavy atom. The second kappa shape index (κ2) is 7.99. The molecule has 2 rings (SSSR count). The first-order chi connectivity index (χ1) is 12.2. The van der Waals surface area contributed by atoms with E-state index in [2.05, 4.69) is 5.32 Å². The molecule has 0 saturated carbocycles. The van der Waals surface area contributed by atoms with Crippen molar-refractivity contribution in [3.63, 3.8) is 0 Å². The van der Waals surface area contributed by atoms with Crippen LogP contribution in [0.2, 0.25) is 0 Å². The summed E-state index contributed by atoms with van der Waals surface area (Å²) >= 11 is 0. The normalized spacial score (nSPS) is 11.1. The van der Waals surface area contributed by atoms with Crippen molar-refractivity contribution in [2.24, 2.45) is 0 Å². The number of carbonyl (C=O) groups excluding carboxylic acids is 2. The Hall–Kier alpha value is -2.90. The summed E-state index contributed by atoms with van der Waals surface area (Å²) in [6, 6.07) is 9.50. The molecule has 0 radical (unpaired) electrons. The van der Waals surface area contributed by atoms with E-state index in [-0.39, 0.29) is 18.8 Å². The summed E-state index contributed by atoms with van der Waals surface area (Å²) in [5.74, 6) is -1.38. The first-order valence-corrected chi connectivity index (χ1v) is 7.63. The fourth-order valence-corrected chi connectivity index (χ4v) is 2.22. The maximum atomic E-state index is 12.8. The topological polar surface area (TPSA) is 49.4 Å². The first-order valence-electron chi connectivity index (χ1n) is 7.63. The average Bonchev–Trinajstić information content (AvgIpc) is 2.58. The van der Waals surface area contributed by atoms with Crippen molar-refractivity contribution in [3.05, 3.63) is 65.5 Å². The van der Waals surface area contributed by atoms with Crippen molar-refractivity contribution in [3.8, 4) is 0 Å². The summed E-state index contributed by atoms with van der Waals surface area (Å²) in [6.45, 7) is 1.00. The molecule has 0 fully saturated rings. The Bertz CT molecular complexity index is 771. The number of alkyl halides is 3. The van der Waals surface area contributed by atoms with E-state index in [0.29, 0.717) is 5.56 Å². The van der Waals surface area contributed by atoms with E-state index in [1.165, 1.54) is 31.2 Å². The van der Waals surface area contributed by atoms with E-state index in [1.54, 1.807) is 0 Å². The smallest absolute Gasteiger partial charge is 0.350 e. The molecule has 8 heteroatoms. The number of amides is 2. The van der Waals surface area contributed by atoms with Crippen LogP contribution in [-0.4, -0.2) is 18.4 Å². The fourth-order valence-electron chi connectivity index (χ4n) is 2.22. The lowest BCUT2D eigenvalue weighted by molar-refractivity contribution is -0.137. The molecule has 4 nitrogen and oxygen atoms in total. The van der Waals surface area contributed by atoms with Gasteiger partial charge >= 0.3 is 6.18 Å². The number of halogens is 4. The molecular formula is C18H16F4N2O2. The highest BCUT2D eigenvalue weighted by molar-refractivity contribution is 5.97. The number of carbonyl (C=O) groups is 2. The van der Waals surface area contributed by atoms with Crippen molar-refractivity contribution < 1.29 is 27.2 Å². The summed E-state index contributed by atoms with van der Waals surface area (Å²) < 4.78 is 50.7. The Labute approximate surface area is 147 Å². The van der Waals surface area contributed by atoms with Gasteiger partial charge in [0.1, 0.15) is 12.4 Å². The molecule has 0 heterocycles. The summed E-state index contributed by atoms with van der Waals surface area (Å²) in [7, 11) is 0. The van der Waals surface area contributed by atoms with E-state index in [0.717, 1.165) is 29.2 Å². The number of nitrogens with zero attached hydrogens (tertiary/aromatic N) is 1. The van der Waals surface area contributed by atoms with Crippen LogP contribution in [0, 0.1) is 5.82 Å². The molecule has 2 aromatic rings. The van der Waals surface area contributed by atoms with Crippen LogP contribution in [0.25, 0.3) is 0 Å². The second-order valence-electron chi connectivity index (χ2n) is 5.55. The molecule has 2 amide bonds. The molecule has 0 atom stereocenters. The number of anilines is 1. The average molecular weight is 368 g/mol. The number of hydrogen-bond acceptors (Lipinski definition) is 2. The van der Waals surface area contributed by atoms with E-state index in [4.69, 9.17) is 0 Å². The Morgan fingerprint density at radius 3 is 2.08 bits per heavy atom. The zero-order chi connectivity index (χ0) is 19.3. The molecule has 26 heavy (non-hydrogen) atoms. The van der Waals surface area contributed by atoms with Crippen LogP contribution < -0.4 is 10.2 Å². The molecule has 0 bridgehead atoms. The van der Waals surface area contributed by atoms with E-state index >= 15 is 0 Å². The van der Waals surface area contributed by atoms with Gasteiger partial charge in [0.25, 0.3) is 0 Å². The SMILES string of the molecule is CC(=O)N(CC(=O)NCc1ccc(F)cc1)c1ccc(C(F)(F)F)cc1. The Morgan fingerprint density at radius 2 is 1.58 bits per heavy atom. The number of nitrogens with one attached hydrogen (secondary N) is 1.